The number of nitrogens with zero attached hydrogens (tertiary/aromatic N) is 2. The predicted octanol–water partition coefficient (Wildman–Crippen LogP) is 2.96. The number of ether oxygens (including phenoxy) is 1. The molecule has 8 heteroatoms. The number of hydrogen-bond acceptors (Lipinski definition) is 5. The van der Waals surface area contributed by atoms with Crippen molar-refractivity contribution in [1.29, 1.82) is 0 Å². The molecule has 0 unspecified atom stereocenters. The van der Waals surface area contributed by atoms with Gasteiger partial charge in [0.05, 0.1) is 19.1 Å². The van der Waals surface area contributed by atoms with Crippen LogP contribution in [0.1, 0.15) is 30.3 Å². The van der Waals surface area contributed by atoms with Crippen molar-refractivity contribution < 1.29 is 27.9 Å². The Morgan fingerprint density at radius 2 is 1.80 bits per heavy atom. The van der Waals surface area contributed by atoms with E-state index in [1.807, 2.05) is 0 Å². The van der Waals surface area contributed by atoms with E-state index in [1.165, 1.54) is 30.1 Å². The molecular weight excluding hydrogens is 391 g/mol. The van der Waals surface area contributed by atoms with Crippen molar-refractivity contribution in [3.8, 4) is 11.3 Å². The molecule has 1 saturated heterocycles. The Bertz CT molecular complexity index is 901. The lowest BCUT2D eigenvalue weighted by atomic mass is 9.97. The standard InChI is InChI=1S/C22H25FN2O5/c1-3-29-22(28)16-10-12-25(13-11-16)20(26)14-24(2)21(27)19-9-8-18(30-19)15-4-6-17(23)7-5-15/h4-9,16H,3,10-14H2,1-2H3. The van der Waals surface area contributed by atoms with Gasteiger partial charge in [0, 0.05) is 25.7 Å². The summed E-state index contributed by atoms with van der Waals surface area (Å²) in [5, 5.41) is 0. The maximum atomic E-state index is 13.1. The smallest absolute Gasteiger partial charge is 0.309 e. The van der Waals surface area contributed by atoms with Gasteiger partial charge in [0.15, 0.2) is 5.76 Å². The molecule has 2 heterocycles. The predicted molar refractivity (Wildman–Crippen MR) is 107 cm³/mol. The molecule has 7 nitrogen and oxygen atoms in total. The number of likely N-dealkylation sites (tertiary alicyclic amines) is 1. The molecule has 1 aromatic carbocycles. The Balaban J connectivity index is 1.54. The number of likely N-dealkylation sites (N-methyl/N-ethyl adjacent to an activating group) is 1. The zero-order chi connectivity index (χ0) is 21.7. The van der Waals surface area contributed by atoms with Crippen molar-refractivity contribution in [2.45, 2.75) is 19.8 Å². The van der Waals surface area contributed by atoms with E-state index < -0.39 is 5.91 Å². The van der Waals surface area contributed by atoms with Gasteiger partial charge >= 0.3 is 5.97 Å². The average molecular weight is 416 g/mol. The van der Waals surface area contributed by atoms with Crippen molar-refractivity contribution in [2.24, 2.45) is 5.92 Å². The Labute approximate surface area is 174 Å². The summed E-state index contributed by atoms with van der Waals surface area (Å²) in [6.45, 7) is 2.95. The van der Waals surface area contributed by atoms with E-state index in [0.29, 0.717) is 43.9 Å². The first-order valence-corrected chi connectivity index (χ1v) is 9.94. The molecule has 1 aromatic heterocycles. The molecule has 0 N–H and O–H groups in total. The first-order valence-electron chi connectivity index (χ1n) is 9.94. The molecule has 0 bridgehead atoms. The minimum atomic E-state index is -0.418. The number of halogens is 1. The minimum absolute atomic E-state index is 0.0878. The highest BCUT2D eigenvalue weighted by molar-refractivity contribution is 5.94. The zero-order valence-electron chi connectivity index (χ0n) is 17.1. The molecule has 30 heavy (non-hydrogen) atoms. The van der Waals surface area contributed by atoms with Gasteiger partial charge in [-0.1, -0.05) is 0 Å². The number of benzene rings is 1. The molecule has 1 aliphatic heterocycles. The molecule has 1 fully saturated rings. The number of piperidine rings is 1. The summed E-state index contributed by atoms with van der Waals surface area (Å²) in [6.07, 6.45) is 1.11. The van der Waals surface area contributed by atoms with Crippen molar-refractivity contribution in [2.75, 3.05) is 33.3 Å². The van der Waals surface area contributed by atoms with Crippen LogP contribution >= 0.6 is 0 Å². The van der Waals surface area contributed by atoms with Crippen LogP contribution in [0.5, 0.6) is 0 Å². The highest BCUT2D eigenvalue weighted by Crippen LogP contribution is 2.23. The molecule has 3 rings (SSSR count). The Morgan fingerprint density at radius 1 is 1.13 bits per heavy atom. The van der Waals surface area contributed by atoms with Gasteiger partial charge in [0.1, 0.15) is 11.6 Å². The van der Waals surface area contributed by atoms with Crippen LogP contribution < -0.4 is 0 Å². The van der Waals surface area contributed by atoms with E-state index in [0.717, 1.165) is 0 Å². The Morgan fingerprint density at radius 3 is 2.43 bits per heavy atom. The van der Waals surface area contributed by atoms with Crippen LogP contribution in [0, 0.1) is 11.7 Å². The average Bonchev–Trinajstić information content (AvgIpc) is 3.24. The highest BCUT2D eigenvalue weighted by atomic mass is 19.1. The quantitative estimate of drug-likeness (QED) is 0.677. The van der Waals surface area contributed by atoms with E-state index in [9.17, 15) is 18.8 Å². The lowest BCUT2D eigenvalue weighted by Gasteiger charge is -2.32. The molecule has 2 amide bonds. The van der Waals surface area contributed by atoms with Crippen LogP contribution in [0.15, 0.2) is 40.8 Å². The van der Waals surface area contributed by atoms with E-state index in [4.69, 9.17) is 9.15 Å². The molecule has 0 radical (unpaired) electrons. The summed E-state index contributed by atoms with van der Waals surface area (Å²) < 4.78 is 23.7. The number of esters is 1. The van der Waals surface area contributed by atoms with Crippen molar-refractivity contribution >= 4 is 17.8 Å². The first-order chi connectivity index (χ1) is 14.4. The van der Waals surface area contributed by atoms with Crippen LogP contribution in [-0.2, 0) is 14.3 Å². The Kier molecular flexibility index (Phi) is 6.87. The van der Waals surface area contributed by atoms with Crippen LogP contribution in [0.25, 0.3) is 11.3 Å². The minimum Gasteiger partial charge on any atom is -0.466 e. The van der Waals surface area contributed by atoms with Crippen LogP contribution in [0.2, 0.25) is 0 Å². The molecule has 1 aliphatic rings. The van der Waals surface area contributed by atoms with Gasteiger partial charge in [-0.15, -0.1) is 0 Å². The second-order valence-electron chi connectivity index (χ2n) is 7.24. The van der Waals surface area contributed by atoms with Gasteiger partial charge in [-0.2, -0.15) is 0 Å². The monoisotopic (exact) mass is 416 g/mol. The highest BCUT2D eigenvalue weighted by Gasteiger charge is 2.29. The van der Waals surface area contributed by atoms with Crippen molar-refractivity contribution in [3.05, 3.63) is 48.0 Å². The largest absolute Gasteiger partial charge is 0.466 e. The summed E-state index contributed by atoms with van der Waals surface area (Å²) in [5.41, 5.74) is 0.652. The number of furan rings is 1. The van der Waals surface area contributed by atoms with Crippen LogP contribution in [-0.4, -0.2) is 60.9 Å². The zero-order valence-corrected chi connectivity index (χ0v) is 17.1. The molecule has 0 aliphatic carbocycles. The third-order valence-electron chi connectivity index (χ3n) is 5.13. The number of hydrogen-bond donors (Lipinski definition) is 0. The van der Waals surface area contributed by atoms with Gasteiger partial charge in [0.25, 0.3) is 5.91 Å². The second kappa shape index (κ2) is 9.56. The Hall–Kier alpha value is -3.16. The number of rotatable bonds is 6. The third-order valence-corrected chi connectivity index (χ3v) is 5.13. The summed E-state index contributed by atoms with van der Waals surface area (Å²) in [4.78, 5) is 39.9. The fourth-order valence-electron chi connectivity index (χ4n) is 3.41. The molecule has 2 aromatic rings. The van der Waals surface area contributed by atoms with Gasteiger partial charge < -0.3 is 19.0 Å². The van der Waals surface area contributed by atoms with E-state index >= 15 is 0 Å². The van der Waals surface area contributed by atoms with Gasteiger partial charge in [-0.3, -0.25) is 14.4 Å². The van der Waals surface area contributed by atoms with E-state index in [-0.39, 0.29) is 35.9 Å². The van der Waals surface area contributed by atoms with Crippen molar-refractivity contribution in [1.82, 2.24) is 9.80 Å². The maximum absolute atomic E-state index is 13.1. The molecule has 0 saturated carbocycles. The first kappa shape index (κ1) is 21.5. The molecular formula is C22H25FN2O5. The van der Waals surface area contributed by atoms with Crippen LogP contribution in [0.3, 0.4) is 0 Å². The number of amides is 2. The fourth-order valence-corrected chi connectivity index (χ4v) is 3.41. The lowest BCUT2D eigenvalue weighted by molar-refractivity contribution is -0.151. The molecule has 0 spiro atoms. The van der Waals surface area contributed by atoms with Crippen molar-refractivity contribution in [3.63, 3.8) is 0 Å². The topological polar surface area (TPSA) is 80.1 Å². The second-order valence-corrected chi connectivity index (χ2v) is 7.24. The lowest BCUT2D eigenvalue weighted by Crippen LogP contribution is -2.45. The summed E-state index contributed by atoms with van der Waals surface area (Å²) in [6, 6.07) is 8.93. The maximum Gasteiger partial charge on any atom is 0.309 e. The van der Waals surface area contributed by atoms with Crippen LogP contribution in [0.4, 0.5) is 4.39 Å². The third kappa shape index (κ3) is 5.06. The summed E-state index contributed by atoms with van der Waals surface area (Å²) in [7, 11) is 1.53. The molecule has 160 valence electrons. The van der Waals surface area contributed by atoms with Gasteiger partial charge in [-0.25, -0.2) is 4.39 Å². The van der Waals surface area contributed by atoms with Gasteiger partial charge in [-0.05, 0) is 56.2 Å². The number of carbonyl (C=O) groups is 3. The van der Waals surface area contributed by atoms with Gasteiger partial charge in [0.2, 0.25) is 5.91 Å². The number of carbonyl (C=O) groups excluding carboxylic acids is 3. The summed E-state index contributed by atoms with van der Waals surface area (Å²) in [5.74, 6) is -0.805. The summed E-state index contributed by atoms with van der Waals surface area (Å²) >= 11 is 0. The van der Waals surface area contributed by atoms with E-state index in [2.05, 4.69) is 0 Å². The SMILES string of the molecule is CCOC(=O)C1CCN(C(=O)CN(C)C(=O)c2ccc(-c3ccc(F)cc3)o2)CC1. The fraction of sp³-hybridized carbons (Fsp3) is 0.409. The normalized spacial score (nSPS) is 14.4. The molecule has 0 atom stereocenters. The van der Waals surface area contributed by atoms with E-state index in [1.54, 1.807) is 30.0 Å².